The highest BCUT2D eigenvalue weighted by atomic mass is 14.9. The minimum absolute atomic E-state index is 0.781. The maximum atomic E-state index is 5.78. The third-order valence-electron chi connectivity index (χ3n) is 14.0. The van der Waals surface area contributed by atoms with Gasteiger partial charge in [-0.25, -0.2) is 0 Å². The molecule has 0 amide bonds. The first-order chi connectivity index (χ1) is 28.7. The number of aromatic amines is 2. The topological polar surface area (TPSA) is 56.0 Å². The van der Waals surface area contributed by atoms with E-state index >= 15 is 0 Å². The van der Waals surface area contributed by atoms with Gasteiger partial charge in [0.1, 0.15) is 0 Å². The molecule has 2 aromatic heterocycles. The number of allylic oxidation sites excluding steroid dienone is 3. The number of hydrogen-bond donors (Lipinski definition) is 3. The van der Waals surface area contributed by atoms with Crippen molar-refractivity contribution in [2.24, 2.45) is 4.99 Å². The van der Waals surface area contributed by atoms with Crippen molar-refractivity contribution in [1.82, 2.24) is 15.3 Å². The number of nitrogens with one attached hydrogen (secondary N) is 3. The summed E-state index contributed by atoms with van der Waals surface area (Å²) in [4.78, 5) is 13.9. The molecule has 0 saturated heterocycles. The molecule has 0 aliphatic carbocycles. The van der Waals surface area contributed by atoms with Crippen LogP contribution >= 0.6 is 0 Å². The smallest absolute Gasteiger partial charge is 0.0510 e. The van der Waals surface area contributed by atoms with Crippen LogP contribution in [0.1, 0.15) is 120 Å². The highest BCUT2D eigenvalue weighted by Crippen LogP contribution is 2.42. The van der Waals surface area contributed by atoms with Gasteiger partial charge in [-0.15, -0.1) is 0 Å². The molecule has 60 heavy (non-hydrogen) atoms. The summed E-state index contributed by atoms with van der Waals surface area (Å²) >= 11 is 0. The van der Waals surface area contributed by atoms with E-state index in [1.165, 1.54) is 117 Å². The van der Waals surface area contributed by atoms with E-state index in [0.717, 1.165) is 58.5 Å². The first kappa shape index (κ1) is 39.3. The Morgan fingerprint density at radius 1 is 0.400 bits per heavy atom. The first-order valence-electron chi connectivity index (χ1n) is 21.7. The predicted molar refractivity (Wildman–Crippen MR) is 253 cm³/mol. The van der Waals surface area contributed by atoms with Crippen LogP contribution in [-0.4, -0.2) is 15.7 Å². The lowest BCUT2D eigenvalue weighted by Gasteiger charge is -2.21. The van der Waals surface area contributed by atoms with Gasteiger partial charge < -0.3 is 15.3 Å². The number of hydrogen-bond acceptors (Lipinski definition) is 2. The summed E-state index contributed by atoms with van der Waals surface area (Å²) in [5, 5.41) is 6.30. The molecule has 4 aromatic carbocycles. The third-order valence-corrected chi connectivity index (χ3v) is 14.0. The van der Waals surface area contributed by atoms with Crippen LogP contribution in [-0.2, 0) is 0 Å². The molecular formula is C56H58N4. The molecule has 3 aliphatic rings. The lowest BCUT2D eigenvalue weighted by atomic mass is 9.88. The fourth-order valence-electron chi connectivity index (χ4n) is 10.1. The van der Waals surface area contributed by atoms with Crippen LogP contribution in [0.25, 0.3) is 22.3 Å². The number of aromatic nitrogens is 2. The third kappa shape index (κ3) is 6.31. The number of rotatable bonds is 4. The van der Waals surface area contributed by atoms with Gasteiger partial charge >= 0.3 is 0 Å². The predicted octanol–water partition coefficient (Wildman–Crippen LogP) is 11.8. The highest BCUT2D eigenvalue weighted by molar-refractivity contribution is 6.25. The Balaban J connectivity index is 1.47. The number of fused-ring (bicyclic) bond motifs is 7. The molecule has 0 saturated carbocycles. The summed E-state index contributed by atoms with van der Waals surface area (Å²) < 4.78 is 0. The van der Waals surface area contributed by atoms with E-state index in [-0.39, 0.29) is 0 Å². The number of benzene rings is 4. The standard InChI is InChI=1S/C56H58N4/c1-29-13-17-33(5)49(37(29)9)53-41-21-23-43(57-41)54(50-34(6)18-14-30(2)38(50)10)45-25-27-47(59-45)56(52-36(8)20-16-32(4)40(52)12)48-28-26-46(60-48)55(44-24-22-42(53)58-44)51-35(7)19-15-31(3)39(51)11/h13-23,26,28,57-58,60H,24-25,27H2,1-12H3. The van der Waals surface area contributed by atoms with Crippen LogP contribution in [0.15, 0.2) is 101 Å². The average molecular weight is 787 g/mol. The largest absolute Gasteiger partial charge is 0.358 e. The minimum atomic E-state index is 0.781. The molecule has 4 nitrogen and oxygen atoms in total. The molecule has 0 fully saturated rings. The summed E-state index contributed by atoms with van der Waals surface area (Å²) in [6.45, 7) is 27.0. The minimum Gasteiger partial charge on any atom is -0.358 e. The van der Waals surface area contributed by atoms with E-state index in [9.17, 15) is 0 Å². The van der Waals surface area contributed by atoms with E-state index in [1.54, 1.807) is 0 Å². The molecule has 302 valence electrons. The summed E-state index contributed by atoms with van der Waals surface area (Å²) in [6.07, 6.45) is 4.89. The highest BCUT2D eigenvalue weighted by Gasteiger charge is 2.29. The molecule has 0 radical (unpaired) electrons. The van der Waals surface area contributed by atoms with Gasteiger partial charge in [0.25, 0.3) is 0 Å². The Morgan fingerprint density at radius 3 is 1.33 bits per heavy atom. The fraction of sp³-hybridized carbons (Fsp3) is 0.268. The zero-order valence-corrected chi connectivity index (χ0v) is 37.6. The van der Waals surface area contributed by atoms with Gasteiger partial charge in [0.05, 0.1) is 11.4 Å². The van der Waals surface area contributed by atoms with Gasteiger partial charge in [-0.3, -0.25) is 4.99 Å². The van der Waals surface area contributed by atoms with Crippen molar-refractivity contribution in [2.45, 2.75) is 102 Å². The van der Waals surface area contributed by atoms with E-state index in [2.05, 4.69) is 177 Å². The van der Waals surface area contributed by atoms with Crippen LogP contribution in [0, 0.1) is 83.1 Å². The number of H-pyrrole nitrogens is 2. The van der Waals surface area contributed by atoms with E-state index in [1.807, 2.05) is 0 Å². The lowest BCUT2D eigenvalue weighted by Crippen LogP contribution is -2.23. The van der Waals surface area contributed by atoms with Gasteiger partial charge in [0.15, 0.2) is 0 Å². The monoisotopic (exact) mass is 786 g/mol. The Bertz CT molecular complexity index is 3090. The summed E-state index contributed by atoms with van der Waals surface area (Å²) in [5.41, 5.74) is 32.2. The molecule has 9 rings (SSSR count). The second-order valence-corrected chi connectivity index (χ2v) is 17.8. The number of aryl methyl sites for hydroxylation is 8. The normalized spacial score (nSPS) is 15.3. The van der Waals surface area contributed by atoms with Crippen LogP contribution in [0.2, 0.25) is 0 Å². The molecule has 5 heterocycles. The molecule has 0 atom stereocenters. The zero-order chi connectivity index (χ0) is 42.3. The molecule has 0 spiro atoms. The van der Waals surface area contributed by atoms with E-state index in [0.29, 0.717) is 0 Å². The molecular weight excluding hydrogens is 729 g/mol. The van der Waals surface area contributed by atoms with Crippen molar-refractivity contribution < 1.29 is 0 Å². The maximum absolute atomic E-state index is 5.78. The average Bonchev–Trinajstić information content (AvgIpc) is 4.07. The van der Waals surface area contributed by atoms with Crippen molar-refractivity contribution >= 4 is 28.0 Å². The molecule has 4 heteroatoms. The molecule has 0 unspecified atom stereocenters. The Morgan fingerprint density at radius 2 is 0.817 bits per heavy atom. The van der Waals surface area contributed by atoms with Crippen LogP contribution in [0.5, 0.6) is 0 Å². The van der Waals surface area contributed by atoms with Crippen LogP contribution < -0.4 is 16.0 Å². The summed E-state index contributed by atoms with van der Waals surface area (Å²) in [7, 11) is 0. The first-order valence-corrected chi connectivity index (χ1v) is 21.7. The summed E-state index contributed by atoms with van der Waals surface area (Å²) in [5.74, 6) is 0. The van der Waals surface area contributed by atoms with Gasteiger partial charge in [-0.05, 0) is 209 Å². The zero-order valence-electron chi connectivity index (χ0n) is 37.6. The molecule has 6 aromatic rings. The van der Waals surface area contributed by atoms with Gasteiger partial charge in [-0.1, -0.05) is 54.6 Å². The number of aliphatic imine (C=N–C) groups is 1. The lowest BCUT2D eigenvalue weighted by molar-refractivity contribution is 1.03. The fourth-order valence-corrected chi connectivity index (χ4v) is 10.1. The van der Waals surface area contributed by atoms with E-state index in [4.69, 9.17) is 4.99 Å². The Hall–Kier alpha value is -6.13. The SMILES string of the molecule is Cc1ccc(C)c(C2=C3CCC(=N3)C(c3c(C)ccc(C)c3C)=c3ccc([nH]3)=C(c3c(C)ccc(C)c3C)C3=CCC(=C(c4c(C)ccc(C)c4C)c4ccc2[nH]4)N3)c1C. The Kier molecular flexibility index (Phi) is 9.74. The second-order valence-electron chi connectivity index (χ2n) is 17.8. The maximum Gasteiger partial charge on any atom is 0.0510 e. The molecule has 3 aliphatic heterocycles. The van der Waals surface area contributed by atoms with Crippen molar-refractivity contribution in [3.63, 3.8) is 0 Å². The van der Waals surface area contributed by atoms with Gasteiger partial charge in [0, 0.05) is 62.2 Å². The van der Waals surface area contributed by atoms with E-state index < -0.39 is 0 Å². The Labute approximate surface area is 356 Å². The number of nitrogens with zero attached hydrogens (tertiary/aromatic N) is 1. The van der Waals surface area contributed by atoms with Gasteiger partial charge in [-0.2, -0.15) is 0 Å². The van der Waals surface area contributed by atoms with Crippen molar-refractivity contribution in [2.75, 3.05) is 0 Å². The van der Waals surface area contributed by atoms with Crippen LogP contribution in [0.4, 0.5) is 0 Å². The van der Waals surface area contributed by atoms with Crippen molar-refractivity contribution in [3.8, 4) is 0 Å². The van der Waals surface area contributed by atoms with Crippen LogP contribution in [0.3, 0.4) is 0 Å². The molecule has 8 bridgehead atoms. The van der Waals surface area contributed by atoms with Gasteiger partial charge in [0.2, 0.25) is 0 Å². The molecule has 3 N–H and O–H groups in total. The summed E-state index contributed by atoms with van der Waals surface area (Å²) in [6, 6.07) is 27.4. The van der Waals surface area contributed by atoms with Crippen molar-refractivity contribution in [3.05, 3.63) is 207 Å². The quantitative estimate of drug-likeness (QED) is 0.164. The van der Waals surface area contributed by atoms with Crippen molar-refractivity contribution in [1.29, 1.82) is 0 Å². The second kappa shape index (κ2) is 14.9.